The van der Waals surface area contributed by atoms with Crippen LogP contribution in [0, 0.1) is 11.8 Å². The number of hydrogen-bond donors (Lipinski definition) is 3. The van der Waals surface area contributed by atoms with Gasteiger partial charge in [0.1, 0.15) is 6.61 Å². The molecule has 3 unspecified atom stereocenters. The summed E-state index contributed by atoms with van der Waals surface area (Å²) in [7, 11) is 0. The lowest BCUT2D eigenvalue weighted by atomic mass is 9.93. The standard InChI is InChI=1S/C30H38N2O5/c1-30(2)21-37-29(36)25(17-22-11-5-3-6-12-22)16-10-9-15-24(28(35)32-30)19-27(34)31-26(20-33)18-23-13-7-4-8-14-23/h3-14,24-26,33H,15-21H2,1-2H3,(H,31,34)(H,32,35). The Morgan fingerprint density at radius 3 is 2.22 bits per heavy atom. The molecule has 0 radical (unpaired) electrons. The predicted molar refractivity (Wildman–Crippen MR) is 142 cm³/mol. The molecular formula is C30H38N2O5. The van der Waals surface area contributed by atoms with Crippen LogP contribution in [0.15, 0.2) is 72.8 Å². The Labute approximate surface area is 219 Å². The van der Waals surface area contributed by atoms with E-state index in [4.69, 9.17) is 4.74 Å². The van der Waals surface area contributed by atoms with Crippen LogP contribution >= 0.6 is 0 Å². The Morgan fingerprint density at radius 2 is 1.59 bits per heavy atom. The molecule has 7 nitrogen and oxygen atoms in total. The number of ether oxygens (including phenoxy) is 1. The Bertz CT molecular complexity index is 1050. The molecule has 1 heterocycles. The maximum atomic E-state index is 13.1. The zero-order chi connectivity index (χ0) is 26.7. The van der Waals surface area contributed by atoms with Crippen molar-refractivity contribution in [3.63, 3.8) is 0 Å². The van der Waals surface area contributed by atoms with Gasteiger partial charge in [-0.25, -0.2) is 0 Å². The summed E-state index contributed by atoms with van der Waals surface area (Å²) >= 11 is 0. The number of aliphatic hydroxyl groups excluding tert-OH is 1. The number of nitrogens with one attached hydrogen (secondary N) is 2. The van der Waals surface area contributed by atoms with Crippen molar-refractivity contribution in [1.82, 2.24) is 10.6 Å². The van der Waals surface area contributed by atoms with E-state index in [9.17, 15) is 19.5 Å². The summed E-state index contributed by atoms with van der Waals surface area (Å²) in [6.45, 7) is 3.43. The molecule has 7 heteroatoms. The number of benzene rings is 2. The first-order valence-electron chi connectivity index (χ1n) is 12.9. The molecule has 2 amide bonds. The van der Waals surface area contributed by atoms with E-state index in [0.29, 0.717) is 25.7 Å². The minimum atomic E-state index is -0.789. The average molecular weight is 507 g/mol. The van der Waals surface area contributed by atoms with Gasteiger partial charge in [0.15, 0.2) is 0 Å². The molecule has 37 heavy (non-hydrogen) atoms. The highest BCUT2D eigenvalue weighted by atomic mass is 16.5. The topological polar surface area (TPSA) is 105 Å². The van der Waals surface area contributed by atoms with Crippen molar-refractivity contribution in [2.24, 2.45) is 11.8 Å². The van der Waals surface area contributed by atoms with Gasteiger partial charge >= 0.3 is 5.97 Å². The molecule has 2 aromatic rings. The molecule has 2 aromatic carbocycles. The van der Waals surface area contributed by atoms with Gasteiger partial charge in [-0.2, -0.15) is 0 Å². The maximum absolute atomic E-state index is 13.1. The smallest absolute Gasteiger partial charge is 0.309 e. The first kappa shape index (κ1) is 28.1. The molecule has 1 aliphatic heterocycles. The van der Waals surface area contributed by atoms with Crippen LogP contribution in [0.5, 0.6) is 0 Å². The van der Waals surface area contributed by atoms with Crippen LogP contribution in [0.25, 0.3) is 0 Å². The highest BCUT2D eigenvalue weighted by molar-refractivity contribution is 5.86. The monoisotopic (exact) mass is 506 g/mol. The predicted octanol–water partition coefficient (Wildman–Crippen LogP) is 3.36. The minimum absolute atomic E-state index is 0.00915. The fraction of sp³-hybridized carbons (Fsp3) is 0.433. The molecule has 3 rings (SSSR count). The van der Waals surface area contributed by atoms with E-state index in [-0.39, 0.29) is 43.3 Å². The van der Waals surface area contributed by atoms with Gasteiger partial charge in [-0.05, 0) is 50.7 Å². The van der Waals surface area contributed by atoms with Crippen LogP contribution in [0.4, 0.5) is 0 Å². The van der Waals surface area contributed by atoms with Crippen molar-refractivity contribution in [3.8, 4) is 0 Å². The van der Waals surface area contributed by atoms with Gasteiger partial charge < -0.3 is 20.5 Å². The quantitative estimate of drug-likeness (QED) is 0.376. The van der Waals surface area contributed by atoms with Crippen molar-refractivity contribution in [1.29, 1.82) is 0 Å². The van der Waals surface area contributed by atoms with Gasteiger partial charge in [0.05, 0.1) is 30.0 Å². The lowest BCUT2D eigenvalue weighted by molar-refractivity contribution is -0.151. The molecular weight excluding hydrogens is 468 g/mol. The van der Waals surface area contributed by atoms with Crippen LogP contribution in [-0.4, -0.2) is 47.7 Å². The van der Waals surface area contributed by atoms with Crippen molar-refractivity contribution < 1.29 is 24.2 Å². The molecule has 0 aromatic heterocycles. The number of aliphatic hydroxyl groups is 1. The van der Waals surface area contributed by atoms with Crippen molar-refractivity contribution in [3.05, 3.63) is 83.9 Å². The molecule has 3 atom stereocenters. The number of cyclic esters (lactones) is 1. The van der Waals surface area contributed by atoms with E-state index in [1.54, 1.807) is 13.8 Å². The van der Waals surface area contributed by atoms with Crippen LogP contribution in [-0.2, 0) is 32.0 Å². The molecule has 0 spiro atoms. The summed E-state index contributed by atoms with van der Waals surface area (Å²) in [4.78, 5) is 38.8. The molecule has 0 saturated heterocycles. The third kappa shape index (κ3) is 9.50. The summed E-state index contributed by atoms with van der Waals surface area (Å²) in [6.07, 6.45) is 5.66. The van der Waals surface area contributed by atoms with Gasteiger partial charge in [0, 0.05) is 6.42 Å². The average Bonchev–Trinajstić information content (AvgIpc) is 2.88. The SMILES string of the molecule is CC1(C)COC(=O)C(Cc2ccccc2)CC=CCC(CC(=O)NC(CO)Cc2ccccc2)C(=O)N1. The van der Waals surface area contributed by atoms with Crippen LogP contribution in [0.2, 0.25) is 0 Å². The summed E-state index contributed by atoms with van der Waals surface area (Å²) < 4.78 is 5.61. The highest BCUT2D eigenvalue weighted by Crippen LogP contribution is 2.20. The summed E-state index contributed by atoms with van der Waals surface area (Å²) in [5.41, 5.74) is 1.28. The van der Waals surface area contributed by atoms with E-state index in [2.05, 4.69) is 10.6 Å². The van der Waals surface area contributed by atoms with Crippen molar-refractivity contribution >= 4 is 17.8 Å². The lowest BCUT2D eigenvalue weighted by Gasteiger charge is -2.29. The van der Waals surface area contributed by atoms with Gasteiger partial charge in [-0.3, -0.25) is 14.4 Å². The summed E-state index contributed by atoms with van der Waals surface area (Å²) in [5, 5.41) is 15.6. The zero-order valence-electron chi connectivity index (χ0n) is 21.7. The second-order valence-electron chi connectivity index (χ2n) is 10.3. The summed E-state index contributed by atoms with van der Waals surface area (Å²) in [5.74, 6) is -1.78. The number of allylic oxidation sites excluding steroid dienone is 2. The molecule has 1 aliphatic rings. The van der Waals surface area contributed by atoms with Crippen LogP contribution < -0.4 is 10.6 Å². The van der Waals surface area contributed by atoms with Crippen LogP contribution in [0.1, 0.15) is 44.2 Å². The van der Waals surface area contributed by atoms with E-state index in [1.165, 1.54) is 0 Å². The van der Waals surface area contributed by atoms with Gasteiger partial charge in [-0.1, -0.05) is 72.8 Å². The first-order chi connectivity index (χ1) is 17.8. The molecule has 3 N–H and O–H groups in total. The Balaban J connectivity index is 1.67. The molecule has 0 aliphatic carbocycles. The second kappa shape index (κ2) is 13.7. The number of hydrogen-bond acceptors (Lipinski definition) is 5. The second-order valence-corrected chi connectivity index (χ2v) is 10.3. The normalized spacial score (nSPS) is 21.1. The van der Waals surface area contributed by atoms with Crippen molar-refractivity contribution in [2.75, 3.05) is 13.2 Å². The Morgan fingerprint density at radius 1 is 1.00 bits per heavy atom. The largest absolute Gasteiger partial charge is 0.463 e. The Hall–Kier alpha value is -3.45. The van der Waals surface area contributed by atoms with E-state index >= 15 is 0 Å². The Kier molecular flexibility index (Phi) is 10.4. The molecule has 0 saturated carbocycles. The highest BCUT2D eigenvalue weighted by Gasteiger charge is 2.30. The number of carbonyl (C=O) groups is 3. The third-order valence-corrected chi connectivity index (χ3v) is 6.42. The fourth-order valence-corrected chi connectivity index (χ4v) is 4.38. The number of rotatable bonds is 8. The summed E-state index contributed by atoms with van der Waals surface area (Å²) in [6, 6.07) is 19.0. The number of carbonyl (C=O) groups excluding carboxylic acids is 3. The van der Waals surface area contributed by atoms with Gasteiger partial charge in [0.2, 0.25) is 11.8 Å². The molecule has 0 fully saturated rings. The van der Waals surface area contributed by atoms with Gasteiger partial charge in [-0.15, -0.1) is 0 Å². The van der Waals surface area contributed by atoms with E-state index in [0.717, 1.165) is 11.1 Å². The lowest BCUT2D eigenvalue weighted by Crippen LogP contribution is -2.50. The van der Waals surface area contributed by atoms with Gasteiger partial charge in [0.25, 0.3) is 0 Å². The van der Waals surface area contributed by atoms with Crippen molar-refractivity contribution in [2.45, 2.75) is 57.5 Å². The molecule has 198 valence electrons. The fourth-order valence-electron chi connectivity index (χ4n) is 4.38. The van der Waals surface area contributed by atoms with Crippen LogP contribution in [0.3, 0.4) is 0 Å². The zero-order valence-corrected chi connectivity index (χ0v) is 21.7. The minimum Gasteiger partial charge on any atom is -0.463 e. The first-order valence-corrected chi connectivity index (χ1v) is 12.9. The number of esters is 1. The number of amides is 2. The maximum Gasteiger partial charge on any atom is 0.309 e. The third-order valence-electron chi connectivity index (χ3n) is 6.42. The molecule has 0 bridgehead atoms. The van der Waals surface area contributed by atoms with E-state index < -0.39 is 17.5 Å². The van der Waals surface area contributed by atoms with E-state index in [1.807, 2.05) is 72.8 Å².